The normalized spacial score (nSPS) is 23.0. The van der Waals surface area contributed by atoms with Crippen molar-refractivity contribution in [3.05, 3.63) is 74.5 Å². The minimum atomic E-state index is -0.519. The molecule has 0 spiro atoms. The summed E-state index contributed by atoms with van der Waals surface area (Å²) >= 11 is 3.34. The smallest absolute Gasteiger partial charge is 0.294 e. The molecule has 2 saturated heterocycles. The van der Waals surface area contributed by atoms with Crippen LogP contribution in [0.1, 0.15) is 41.0 Å². The van der Waals surface area contributed by atoms with Crippen LogP contribution in [0.2, 0.25) is 0 Å². The van der Waals surface area contributed by atoms with Crippen LogP contribution in [0.15, 0.2) is 53.3 Å². The van der Waals surface area contributed by atoms with Crippen molar-refractivity contribution in [2.24, 2.45) is 0 Å². The van der Waals surface area contributed by atoms with Crippen LogP contribution in [-0.4, -0.2) is 77.2 Å². The molecule has 0 aliphatic carbocycles. The number of aromatic nitrogens is 1. The fourth-order valence-electron chi connectivity index (χ4n) is 5.35. The molecule has 2 amide bonds. The quantitative estimate of drug-likeness (QED) is 0.313. The maximum atomic E-state index is 13.7. The van der Waals surface area contributed by atoms with Crippen molar-refractivity contribution in [1.82, 2.24) is 15.2 Å². The van der Waals surface area contributed by atoms with Crippen LogP contribution in [0.4, 0.5) is 11.4 Å². The lowest BCUT2D eigenvalue weighted by atomic mass is 10.00. The zero-order chi connectivity index (χ0) is 28.4. The van der Waals surface area contributed by atoms with Crippen molar-refractivity contribution < 1.29 is 24.0 Å². The van der Waals surface area contributed by atoms with Crippen LogP contribution in [-0.2, 0) is 9.47 Å². The highest BCUT2D eigenvalue weighted by molar-refractivity contribution is 9.10. The van der Waals surface area contributed by atoms with Crippen LogP contribution < -0.4 is 10.6 Å². The lowest BCUT2D eigenvalue weighted by Gasteiger charge is -2.36. The Kier molecular flexibility index (Phi) is 8.29. The molecule has 0 unspecified atom stereocenters. The van der Waals surface area contributed by atoms with Gasteiger partial charge in [0.25, 0.3) is 17.5 Å². The SMILES string of the molecule is C[C@@H]1CN(C(=O)c2cc(Br)cc([N+](=O)[O-])c2N[C@@H]2CCOC[C@@H]2NC(=O)c2cncc3ccccc23)C[C@H](C)O1. The van der Waals surface area contributed by atoms with Crippen LogP contribution in [0, 0.1) is 10.1 Å². The molecule has 12 heteroatoms. The molecule has 11 nitrogen and oxygen atoms in total. The fraction of sp³-hybridized carbons (Fsp3) is 0.393. The molecule has 1 aromatic heterocycles. The van der Waals surface area contributed by atoms with E-state index in [1.807, 2.05) is 38.1 Å². The molecule has 2 N–H and O–H groups in total. The highest BCUT2D eigenvalue weighted by Gasteiger charge is 2.34. The number of carbonyl (C=O) groups excluding carboxylic acids is 2. The lowest BCUT2D eigenvalue weighted by Crippen LogP contribution is -2.53. The Bertz CT molecular complexity index is 1440. The molecule has 2 aromatic carbocycles. The van der Waals surface area contributed by atoms with Gasteiger partial charge in [-0.2, -0.15) is 0 Å². The van der Waals surface area contributed by atoms with Gasteiger partial charge >= 0.3 is 0 Å². The number of morpholine rings is 1. The van der Waals surface area contributed by atoms with Gasteiger partial charge in [0, 0.05) is 48.0 Å². The Balaban J connectivity index is 1.45. The summed E-state index contributed by atoms with van der Waals surface area (Å²) in [6.07, 6.45) is 3.35. The highest BCUT2D eigenvalue weighted by Crippen LogP contribution is 2.35. The summed E-state index contributed by atoms with van der Waals surface area (Å²) in [5, 5.41) is 20.0. The van der Waals surface area contributed by atoms with E-state index in [9.17, 15) is 19.7 Å². The molecule has 0 radical (unpaired) electrons. The van der Waals surface area contributed by atoms with Gasteiger partial charge in [0.15, 0.2) is 0 Å². The van der Waals surface area contributed by atoms with Gasteiger partial charge in [-0.05, 0) is 31.7 Å². The molecule has 4 atom stereocenters. The predicted molar refractivity (Wildman–Crippen MR) is 153 cm³/mol. The Labute approximate surface area is 239 Å². The number of nitro benzene ring substituents is 1. The molecule has 0 bridgehead atoms. The average molecular weight is 612 g/mol. The number of benzene rings is 2. The first-order valence-corrected chi connectivity index (χ1v) is 13.9. The number of hydrogen-bond donors (Lipinski definition) is 2. The number of rotatable bonds is 6. The zero-order valence-corrected chi connectivity index (χ0v) is 23.7. The summed E-state index contributed by atoms with van der Waals surface area (Å²) in [7, 11) is 0. The molecular weight excluding hydrogens is 582 g/mol. The minimum absolute atomic E-state index is 0.114. The zero-order valence-electron chi connectivity index (χ0n) is 22.1. The largest absolute Gasteiger partial charge is 0.379 e. The molecule has 3 heterocycles. The summed E-state index contributed by atoms with van der Waals surface area (Å²) in [5.74, 6) is -0.659. The topological polar surface area (TPSA) is 136 Å². The van der Waals surface area contributed by atoms with E-state index in [2.05, 4.69) is 31.5 Å². The third kappa shape index (κ3) is 5.93. The average Bonchev–Trinajstić information content (AvgIpc) is 2.93. The number of nitro groups is 1. The number of ether oxygens (including phenoxy) is 2. The second-order valence-corrected chi connectivity index (χ2v) is 11.1. The summed E-state index contributed by atoms with van der Waals surface area (Å²) < 4.78 is 11.9. The molecule has 40 heavy (non-hydrogen) atoms. The highest BCUT2D eigenvalue weighted by atomic mass is 79.9. The number of nitrogens with zero attached hydrogens (tertiary/aromatic N) is 3. The molecule has 2 aliphatic rings. The van der Waals surface area contributed by atoms with Gasteiger partial charge in [0.2, 0.25) is 0 Å². The van der Waals surface area contributed by atoms with E-state index in [0.29, 0.717) is 36.2 Å². The van der Waals surface area contributed by atoms with Gasteiger partial charge in [0.05, 0.1) is 46.9 Å². The lowest BCUT2D eigenvalue weighted by molar-refractivity contribution is -0.384. The van der Waals surface area contributed by atoms with E-state index in [1.165, 1.54) is 12.3 Å². The monoisotopic (exact) mass is 611 g/mol. The fourth-order valence-corrected chi connectivity index (χ4v) is 5.80. The van der Waals surface area contributed by atoms with E-state index >= 15 is 0 Å². The standard InChI is InChI=1S/C28H30BrN5O6/c1-16-13-33(14-17(2)40-16)28(36)21-9-19(29)10-25(34(37)38)26(21)31-23-7-8-39-15-24(23)32-27(35)22-12-30-11-18-5-3-4-6-20(18)22/h3-6,9-12,16-17,23-24,31H,7-8,13-15H2,1-2H3,(H,32,35)/t16-,17+,23-,24+/m1/s1. The van der Waals surface area contributed by atoms with Gasteiger partial charge in [-0.1, -0.05) is 40.2 Å². The second kappa shape index (κ2) is 11.9. The van der Waals surface area contributed by atoms with Crippen LogP contribution in [0.3, 0.4) is 0 Å². The van der Waals surface area contributed by atoms with Crippen LogP contribution in [0.25, 0.3) is 10.8 Å². The van der Waals surface area contributed by atoms with E-state index in [4.69, 9.17) is 9.47 Å². The first-order valence-electron chi connectivity index (χ1n) is 13.1. The van der Waals surface area contributed by atoms with Crippen molar-refractivity contribution in [2.75, 3.05) is 31.6 Å². The molecule has 2 fully saturated rings. The molecule has 3 aromatic rings. The van der Waals surface area contributed by atoms with E-state index in [1.54, 1.807) is 17.2 Å². The first kappa shape index (κ1) is 27.9. The maximum Gasteiger partial charge on any atom is 0.294 e. The summed E-state index contributed by atoms with van der Waals surface area (Å²) in [6, 6.07) is 9.49. The van der Waals surface area contributed by atoms with Gasteiger partial charge in [-0.15, -0.1) is 0 Å². The first-order chi connectivity index (χ1) is 19.2. The van der Waals surface area contributed by atoms with Crippen molar-refractivity contribution in [3.63, 3.8) is 0 Å². The predicted octanol–water partition coefficient (Wildman–Crippen LogP) is 4.15. The summed E-state index contributed by atoms with van der Waals surface area (Å²) in [5.41, 5.74) is 0.477. The van der Waals surface area contributed by atoms with Gasteiger partial charge in [0.1, 0.15) is 5.69 Å². The molecule has 2 aliphatic heterocycles. The minimum Gasteiger partial charge on any atom is -0.379 e. The van der Waals surface area contributed by atoms with Crippen molar-refractivity contribution in [3.8, 4) is 0 Å². The summed E-state index contributed by atoms with van der Waals surface area (Å²) in [6.45, 7) is 5.12. The van der Waals surface area contributed by atoms with Crippen LogP contribution >= 0.6 is 15.9 Å². The number of anilines is 1. The van der Waals surface area contributed by atoms with Gasteiger partial charge in [-0.3, -0.25) is 24.7 Å². The third-order valence-electron chi connectivity index (χ3n) is 7.13. The third-order valence-corrected chi connectivity index (χ3v) is 7.59. The molecule has 210 valence electrons. The Morgan fingerprint density at radius 2 is 1.85 bits per heavy atom. The number of amides is 2. The number of fused-ring (bicyclic) bond motifs is 1. The van der Waals surface area contributed by atoms with Gasteiger partial charge < -0.3 is 25.0 Å². The number of hydrogen-bond acceptors (Lipinski definition) is 8. The van der Waals surface area contributed by atoms with Gasteiger partial charge in [-0.25, -0.2) is 0 Å². The molecular formula is C28H30BrN5O6. The van der Waals surface area contributed by atoms with E-state index in [0.717, 1.165) is 10.8 Å². The van der Waals surface area contributed by atoms with Crippen LogP contribution in [0.5, 0.6) is 0 Å². The number of carbonyl (C=O) groups is 2. The Morgan fingerprint density at radius 1 is 1.10 bits per heavy atom. The van der Waals surface area contributed by atoms with Crippen molar-refractivity contribution >= 4 is 49.9 Å². The number of nitrogens with one attached hydrogen (secondary N) is 2. The van der Waals surface area contributed by atoms with E-state index in [-0.39, 0.29) is 47.6 Å². The Morgan fingerprint density at radius 3 is 2.60 bits per heavy atom. The van der Waals surface area contributed by atoms with E-state index < -0.39 is 17.0 Å². The Hall–Kier alpha value is -3.61. The maximum absolute atomic E-state index is 13.7. The van der Waals surface area contributed by atoms with Crippen molar-refractivity contribution in [1.29, 1.82) is 0 Å². The number of halogens is 1. The second-order valence-electron chi connectivity index (χ2n) is 10.2. The number of pyridine rings is 1. The molecule has 5 rings (SSSR count). The molecule has 0 saturated carbocycles. The summed E-state index contributed by atoms with van der Waals surface area (Å²) in [4.78, 5) is 44.6. The van der Waals surface area contributed by atoms with Crippen molar-refractivity contribution in [2.45, 2.75) is 44.6 Å².